The maximum absolute atomic E-state index is 13.9. The van der Waals surface area contributed by atoms with Gasteiger partial charge in [0, 0.05) is 11.6 Å². The molecule has 1 saturated carbocycles. The molecule has 1 aliphatic heterocycles. The highest BCUT2D eigenvalue weighted by Gasteiger charge is 2.21. The maximum Gasteiger partial charge on any atom is 0.251 e. The summed E-state index contributed by atoms with van der Waals surface area (Å²) in [5.74, 6) is -0.0702. The summed E-state index contributed by atoms with van der Waals surface area (Å²) in [4.78, 5) is 12.3. The molecule has 0 radical (unpaired) electrons. The van der Waals surface area contributed by atoms with Gasteiger partial charge in [-0.15, -0.1) is 12.4 Å². The Morgan fingerprint density at radius 1 is 1.09 bits per heavy atom. The lowest BCUT2D eigenvalue weighted by Crippen LogP contribution is -2.32. The van der Waals surface area contributed by atoms with E-state index in [4.69, 9.17) is 0 Å². The average molecular weight is 327 g/mol. The van der Waals surface area contributed by atoms with Gasteiger partial charge >= 0.3 is 0 Å². The van der Waals surface area contributed by atoms with Crippen molar-refractivity contribution in [1.29, 1.82) is 0 Å². The summed E-state index contributed by atoms with van der Waals surface area (Å²) >= 11 is 0. The van der Waals surface area contributed by atoms with E-state index in [2.05, 4.69) is 10.6 Å². The Labute approximate surface area is 137 Å². The van der Waals surface area contributed by atoms with Crippen LogP contribution in [0.3, 0.4) is 0 Å². The number of halogens is 2. The van der Waals surface area contributed by atoms with Gasteiger partial charge in [-0.2, -0.15) is 0 Å². The smallest absolute Gasteiger partial charge is 0.251 e. The molecule has 1 heterocycles. The molecule has 0 unspecified atom stereocenters. The molecule has 3 rings (SSSR count). The summed E-state index contributed by atoms with van der Waals surface area (Å²) in [7, 11) is 0. The number of carbonyl (C=O) groups is 1. The van der Waals surface area contributed by atoms with Crippen molar-refractivity contribution >= 4 is 18.3 Å². The maximum atomic E-state index is 13.9. The van der Waals surface area contributed by atoms with Gasteiger partial charge < -0.3 is 10.6 Å². The fourth-order valence-corrected chi connectivity index (χ4v) is 3.47. The molecular formula is C17H24ClFN2O. The predicted octanol–water partition coefficient (Wildman–Crippen LogP) is 3.39. The van der Waals surface area contributed by atoms with Crippen LogP contribution < -0.4 is 10.6 Å². The van der Waals surface area contributed by atoms with Crippen LogP contribution in [0.25, 0.3) is 0 Å². The molecular weight excluding hydrogens is 303 g/mol. The summed E-state index contributed by atoms with van der Waals surface area (Å²) in [5, 5.41) is 6.35. The molecule has 2 aliphatic rings. The summed E-state index contributed by atoms with van der Waals surface area (Å²) in [6.45, 7) is 1.93. The van der Waals surface area contributed by atoms with Crippen LogP contribution in [0.5, 0.6) is 0 Å². The predicted molar refractivity (Wildman–Crippen MR) is 88.2 cm³/mol. The zero-order chi connectivity index (χ0) is 14.7. The molecule has 122 valence electrons. The van der Waals surface area contributed by atoms with E-state index in [0.29, 0.717) is 11.5 Å². The zero-order valence-electron chi connectivity index (χ0n) is 12.7. The van der Waals surface area contributed by atoms with Gasteiger partial charge in [-0.3, -0.25) is 4.79 Å². The number of hydrogen-bond donors (Lipinski definition) is 2. The van der Waals surface area contributed by atoms with Crippen LogP contribution >= 0.6 is 12.4 Å². The second-order valence-corrected chi connectivity index (χ2v) is 6.25. The molecule has 1 aliphatic carbocycles. The molecule has 1 saturated heterocycles. The Morgan fingerprint density at radius 2 is 1.77 bits per heavy atom. The van der Waals surface area contributed by atoms with Crippen molar-refractivity contribution in [2.45, 2.75) is 50.5 Å². The van der Waals surface area contributed by atoms with Crippen LogP contribution in [-0.2, 0) is 0 Å². The fraction of sp³-hybridized carbons (Fsp3) is 0.588. The lowest BCUT2D eigenvalue weighted by Gasteiger charge is -2.23. The van der Waals surface area contributed by atoms with E-state index in [1.165, 1.54) is 18.9 Å². The third-order valence-electron chi connectivity index (χ3n) is 4.68. The van der Waals surface area contributed by atoms with Crippen molar-refractivity contribution in [1.82, 2.24) is 10.6 Å². The summed E-state index contributed by atoms with van der Waals surface area (Å²) in [5.41, 5.74) is 1.43. The molecule has 22 heavy (non-hydrogen) atoms. The highest BCUT2D eigenvalue weighted by Crippen LogP contribution is 2.27. The van der Waals surface area contributed by atoms with Crippen molar-refractivity contribution in [2.75, 3.05) is 13.1 Å². The number of rotatable bonds is 3. The lowest BCUT2D eigenvalue weighted by atomic mass is 9.89. The fourth-order valence-electron chi connectivity index (χ4n) is 3.47. The number of hydrogen-bond acceptors (Lipinski definition) is 2. The molecule has 5 heteroatoms. The zero-order valence-corrected chi connectivity index (χ0v) is 13.6. The van der Waals surface area contributed by atoms with Gasteiger partial charge in [0.1, 0.15) is 5.82 Å². The Kier molecular flexibility index (Phi) is 6.21. The minimum absolute atomic E-state index is 0. The van der Waals surface area contributed by atoms with E-state index in [9.17, 15) is 9.18 Å². The van der Waals surface area contributed by atoms with Crippen molar-refractivity contribution in [3.63, 3.8) is 0 Å². The molecule has 0 aromatic heterocycles. The second kappa shape index (κ2) is 7.93. The topological polar surface area (TPSA) is 41.1 Å². The third-order valence-corrected chi connectivity index (χ3v) is 4.68. The SMILES string of the molecule is Cl.O=C(NC1CCCC1)c1cc(F)cc(C2CCNCC2)c1. The van der Waals surface area contributed by atoms with Gasteiger partial charge in [0.05, 0.1) is 0 Å². The quantitative estimate of drug-likeness (QED) is 0.894. The molecule has 2 fully saturated rings. The highest BCUT2D eigenvalue weighted by molar-refractivity contribution is 5.94. The van der Waals surface area contributed by atoms with Gasteiger partial charge in [0.15, 0.2) is 0 Å². The molecule has 0 spiro atoms. The number of piperidine rings is 1. The highest BCUT2D eigenvalue weighted by atomic mass is 35.5. The van der Waals surface area contributed by atoms with E-state index in [1.54, 1.807) is 6.07 Å². The van der Waals surface area contributed by atoms with E-state index < -0.39 is 0 Å². The van der Waals surface area contributed by atoms with Crippen LogP contribution in [0, 0.1) is 5.82 Å². The molecule has 0 atom stereocenters. The Bertz CT molecular complexity index is 511. The largest absolute Gasteiger partial charge is 0.349 e. The molecule has 1 amide bonds. The van der Waals surface area contributed by atoms with E-state index in [-0.39, 0.29) is 30.2 Å². The van der Waals surface area contributed by atoms with Gasteiger partial charge in [0.2, 0.25) is 0 Å². The summed E-state index contributed by atoms with van der Waals surface area (Å²) < 4.78 is 13.9. The average Bonchev–Trinajstić information content (AvgIpc) is 3.00. The van der Waals surface area contributed by atoms with Crippen LogP contribution in [0.15, 0.2) is 18.2 Å². The lowest BCUT2D eigenvalue weighted by molar-refractivity contribution is 0.0937. The first-order valence-electron chi connectivity index (χ1n) is 8.04. The van der Waals surface area contributed by atoms with Gasteiger partial charge in [-0.25, -0.2) is 4.39 Å². The first-order chi connectivity index (χ1) is 10.2. The van der Waals surface area contributed by atoms with E-state index >= 15 is 0 Å². The van der Waals surface area contributed by atoms with Crippen molar-refractivity contribution in [3.8, 4) is 0 Å². The van der Waals surface area contributed by atoms with Crippen LogP contribution in [0.2, 0.25) is 0 Å². The minimum atomic E-state index is -0.303. The first-order valence-corrected chi connectivity index (χ1v) is 8.04. The Balaban J connectivity index is 0.00000176. The number of benzene rings is 1. The Hall–Kier alpha value is -1.13. The van der Waals surface area contributed by atoms with Crippen LogP contribution in [0.1, 0.15) is 60.4 Å². The van der Waals surface area contributed by atoms with E-state index in [1.807, 2.05) is 6.07 Å². The minimum Gasteiger partial charge on any atom is -0.349 e. The summed E-state index contributed by atoms with van der Waals surface area (Å²) in [6, 6.07) is 5.09. The number of carbonyl (C=O) groups excluding carboxylic acids is 1. The third kappa shape index (κ3) is 4.20. The molecule has 1 aromatic rings. The molecule has 2 N–H and O–H groups in total. The van der Waals surface area contributed by atoms with Gasteiger partial charge in [-0.1, -0.05) is 12.8 Å². The molecule has 0 bridgehead atoms. The van der Waals surface area contributed by atoms with Crippen LogP contribution in [0.4, 0.5) is 4.39 Å². The normalized spacial score (nSPS) is 19.7. The monoisotopic (exact) mass is 326 g/mol. The molecule has 1 aromatic carbocycles. The second-order valence-electron chi connectivity index (χ2n) is 6.25. The Morgan fingerprint density at radius 3 is 2.45 bits per heavy atom. The number of amides is 1. The molecule has 3 nitrogen and oxygen atoms in total. The van der Waals surface area contributed by atoms with Gasteiger partial charge in [-0.05, 0) is 68.5 Å². The van der Waals surface area contributed by atoms with E-state index in [0.717, 1.165) is 44.3 Å². The number of nitrogens with one attached hydrogen (secondary N) is 2. The van der Waals surface area contributed by atoms with Crippen molar-refractivity contribution in [2.24, 2.45) is 0 Å². The summed E-state index contributed by atoms with van der Waals surface area (Å²) in [6.07, 6.45) is 6.45. The van der Waals surface area contributed by atoms with Crippen LogP contribution in [-0.4, -0.2) is 25.0 Å². The standard InChI is InChI=1S/C17H23FN2O.ClH/c18-15-10-13(12-5-7-19-8-6-12)9-14(11-15)17(21)20-16-3-1-2-4-16;/h9-12,16,19H,1-8H2,(H,20,21);1H. The first kappa shape index (κ1) is 17.2. The van der Waals surface area contributed by atoms with Crippen molar-refractivity contribution < 1.29 is 9.18 Å². The van der Waals surface area contributed by atoms with Gasteiger partial charge in [0.25, 0.3) is 5.91 Å². The van der Waals surface area contributed by atoms with Crippen molar-refractivity contribution in [3.05, 3.63) is 35.1 Å².